The zero-order valence-corrected chi connectivity index (χ0v) is 24.8. The van der Waals surface area contributed by atoms with E-state index in [0.29, 0.717) is 57.7 Å². The molecule has 2 aliphatic heterocycles. The summed E-state index contributed by atoms with van der Waals surface area (Å²) in [4.78, 5) is 23.8. The molecule has 43 heavy (non-hydrogen) atoms. The number of nitrogens with zero attached hydrogens (tertiary/aromatic N) is 4. The predicted octanol–water partition coefficient (Wildman–Crippen LogP) is 5.80. The lowest BCUT2D eigenvalue weighted by molar-refractivity contribution is -0.0591. The normalized spacial score (nSPS) is 22.8. The number of methoxy groups -OCH3 is 1. The van der Waals surface area contributed by atoms with Crippen LogP contribution >= 0.6 is 23.2 Å². The van der Waals surface area contributed by atoms with Gasteiger partial charge in [-0.2, -0.15) is 0 Å². The van der Waals surface area contributed by atoms with E-state index in [1.54, 1.807) is 30.3 Å². The SMILES string of the molecule is COc1cc(C(=O)O)cc2c1nc(CN1C[C@@H]3C(c4nc(OCc5ccc(Cl)cc5F)ccc4Cl)[C@@H]3C1)n2C[C@@H]1CCO1. The van der Waals surface area contributed by atoms with Crippen molar-refractivity contribution in [3.63, 3.8) is 0 Å². The molecule has 0 spiro atoms. The van der Waals surface area contributed by atoms with Gasteiger partial charge in [0, 0.05) is 42.3 Å². The van der Waals surface area contributed by atoms with Crippen LogP contribution in [0.1, 0.15) is 39.8 Å². The van der Waals surface area contributed by atoms with Gasteiger partial charge in [-0.25, -0.2) is 19.2 Å². The van der Waals surface area contributed by atoms with Gasteiger partial charge >= 0.3 is 5.97 Å². The molecule has 4 aromatic rings. The van der Waals surface area contributed by atoms with Crippen LogP contribution in [0.15, 0.2) is 42.5 Å². The number of fused-ring (bicyclic) bond motifs is 2. The summed E-state index contributed by atoms with van der Waals surface area (Å²) in [7, 11) is 1.53. The van der Waals surface area contributed by atoms with Crippen LogP contribution in [0.3, 0.4) is 0 Å². The quantitative estimate of drug-likeness (QED) is 0.236. The molecule has 2 aromatic heterocycles. The summed E-state index contributed by atoms with van der Waals surface area (Å²) in [5.74, 6) is 1.27. The fourth-order valence-electron chi connectivity index (χ4n) is 6.37. The van der Waals surface area contributed by atoms with Gasteiger partial charge < -0.3 is 23.9 Å². The van der Waals surface area contributed by atoms with Crippen LogP contribution in [0.5, 0.6) is 11.6 Å². The number of imidazole rings is 1. The molecule has 3 aliphatic rings. The Hall–Kier alpha value is -3.44. The van der Waals surface area contributed by atoms with E-state index in [2.05, 4.69) is 9.47 Å². The minimum absolute atomic E-state index is 0.0357. The topological polar surface area (TPSA) is 98.9 Å². The number of piperidine rings is 1. The molecule has 2 aromatic carbocycles. The molecule has 2 saturated heterocycles. The summed E-state index contributed by atoms with van der Waals surface area (Å²) in [5.41, 5.74) is 2.75. The summed E-state index contributed by atoms with van der Waals surface area (Å²) in [6.45, 7) is 3.70. The highest BCUT2D eigenvalue weighted by atomic mass is 35.5. The first-order valence-electron chi connectivity index (χ1n) is 14.2. The van der Waals surface area contributed by atoms with Crippen molar-refractivity contribution in [1.82, 2.24) is 19.4 Å². The molecule has 12 heteroatoms. The Labute approximate surface area is 257 Å². The summed E-state index contributed by atoms with van der Waals surface area (Å²) in [6, 6.07) is 11.2. The first-order chi connectivity index (χ1) is 20.8. The molecule has 1 aliphatic carbocycles. The van der Waals surface area contributed by atoms with Crippen LogP contribution in [-0.4, -0.2) is 63.4 Å². The first kappa shape index (κ1) is 28.3. The predicted molar refractivity (Wildman–Crippen MR) is 158 cm³/mol. The van der Waals surface area contributed by atoms with E-state index in [1.165, 1.54) is 19.2 Å². The lowest BCUT2D eigenvalue weighted by atomic mass is 10.1. The number of rotatable bonds is 10. The number of carbonyl (C=O) groups is 1. The molecule has 7 rings (SSSR count). The van der Waals surface area contributed by atoms with Gasteiger partial charge in [-0.3, -0.25) is 4.90 Å². The third-order valence-corrected chi connectivity index (χ3v) is 9.29. The molecule has 0 bridgehead atoms. The van der Waals surface area contributed by atoms with Crippen LogP contribution in [0, 0.1) is 17.7 Å². The van der Waals surface area contributed by atoms with Gasteiger partial charge in [0.15, 0.2) is 0 Å². The highest BCUT2D eigenvalue weighted by molar-refractivity contribution is 6.31. The van der Waals surface area contributed by atoms with Gasteiger partial charge in [-0.05, 0) is 48.6 Å². The third kappa shape index (κ3) is 5.42. The van der Waals surface area contributed by atoms with Gasteiger partial charge in [-0.1, -0.05) is 29.3 Å². The van der Waals surface area contributed by atoms with Crippen molar-refractivity contribution in [1.29, 1.82) is 0 Å². The lowest BCUT2D eigenvalue weighted by Crippen LogP contribution is -2.33. The van der Waals surface area contributed by atoms with E-state index >= 15 is 0 Å². The van der Waals surface area contributed by atoms with E-state index in [-0.39, 0.29) is 24.2 Å². The molecule has 3 fully saturated rings. The smallest absolute Gasteiger partial charge is 0.335 e. The van der Waals surface area contributed by atoms with Gasteiger partial charge in [0.2, 0.25) is 5.88 Å². The maximum Gasteiger partial charge on any atom is 0.335 e. The van der Waals surface area contributed by atoms with E-state index in [4.69, 9.17) is 47.4 Å². The molecular formula is C31H29Cl2FN4O5. The Morgan fingerprint density at radius 1 is 1.14 bits per heavy atom. The third-order valence-electron chi connectivity index (χ3n) is 8.73. The number of likely N-dealkylation sites (tertiary alicyclic amines) is 1. The number of hydrogen-bond donors (Lipinski definition) is 1. The molecule has 224 valence electrons. The summed E-state index contributed by atoms with van der Waals surface area (Å²) >= 11 is 12.4. The second-order valence-corrected chi connectivity index (χ2v) is 12.2. The summed E-state index contributed by atoms with van der Waals surface area (Å²) in [5, 5.41) is 10.6. The Morgan fingerprint density at radius 3 is 2.60 bits per heavy atom. The van der Waals surface area contributed by atoms with E-state index < -0.39 is 11.8 Å². The number of carboxylic acid groups (broad SMARTS) is 1. The minimum atomic E-state index is -1.01. The van der Waals surface area contributed by atoms with E-state index in [9.17, 15) is 14.3 Å². The van der Waals surface area contributed by atoms with Crippen LogP contribution < -0.4 is 9.47 Å². The van der Waals surface area contributed by atoms with Crippen molar-refractivity contribution in [3.8, 4) is 11.6 Å². The van der Waals surface area contributed by atoms with E-state index in [1.807, 2.05) is 0 Å². The van der Waals surface area contributed by atoms with Crippen LogP contribution in [0.2, 0.25) is 10.0 Å². The maximum atomic E-state index is 14.2. The zero-order valence-electron chi connectivity index (χ0n) is 23.3. The highest BCUT2D eigenvalue weighted by Crippen LogP contribution is 2.59. The Morgan fingerprint density at radius 2 is 1.93 bits per heavy atom. The Kier molecular flexibility index (Phi) is 7.41. The number of aromatic nitrogens is 3. The molecular weight excluding hydrogens is 598 g/mol. The van der Waals surface area contributed by atoms with E-state index in [0.717, 1.165) is 43.2 Å². The highest BCUT2D eigenvalue weighted by Gasteiger charge is 2.57. The van der Waals surface area contributed by atoms with Gasteiger partial charge in [-0.15, -0.1) is 0 Å². The number of aromatic carboxylic acids is 1. The van der Waals surface area contributed by atoms with Crippen molar-refractivity contribution in [2.24, 2.45) is 11.8 Å². The van der Waals surface area contributed by atoms with Gasteiger partial charge in [0.1, 0.15) is 29.5 Å². The molecule has 9 nitrogen and oxygen atoms in total. The monoisotopic (exact) mass is 626 g/mol. The largest absolute Gasteiger partial charge is 0.494 e. The number of carboxylic acids is 1. The average Bonchev–Trinajstić information content (AvgIpc) is 3.27. The molecule has 1 saturated carbocycles. The molecule has 0 amide bonds. The molecule has 0 radical (unpaired) electrons. The number of hydrogen-bond acceptors (Lipinski definition) is 7. The van der Waals surface area contributed by atoms with Crippen molar-refractivity contribution >= 4 is 40.2 Å². The number of halogens is 3. The lowest BCUT2D eigenvalue weighted by Gasteiger charge is -2.28. The Bertz CT molecular complexity index is 1720. The second-order valence-electron chi connectivity index (χ2n) is 11.4. The molecule has 1 unspecified atom stereocenters. The second kappa shape index (κ2) is 11.2. The van der Waals surface area contributed by atoms with Crippen LogP contribution in [-0.2, 0) is 24.4 Å². The van der Waals surface area contributed by atoms with Crippen molar-refractivity contribution in [2.45, 2.75) is 38.1 Å². The van der Waals surface area contributed by atoms with Crippen molar-refractivity contribution in [3.05, 3.63) is 81.0 Å². The average molecular weight is 627 g/mol. The van der Waals surface area contributed by atoms with Crippen molar-refractivity contribution < 1.29 is 28.5 Å². The molecule has 4 heterocycles. The molecule has 4 atom stereocenters. The van der Waals surface area contributed by atoms with Crippen molar-refractivity contribution in [2.75, 3.05) is 26.8 Å². The minimum Gasteiger partial charge on any atom is -0.494 e. The molecule has 1 N–H and O–H groups in total. The fourth-order valence-corrected chi connectivity index (χ4v) is 6.76. The number of pyridine rings is 1. The number of ether oxygens (including phenoxy) is 3. The number of benzene rings is 2. The maximum absolute atomic E-state index is 14.2. The van der Waals surface area contributed by atoms with Crippen LogP contribution in [0.4, 0.5) is 4.39 Å². The summed E-state index contributed by atoms with van der Waals surface area (Å²) in [6.07, 6.45) is 1.03. The standard InChI is InChI=1S/C31H29Cl2FN4O5/c1-41-25-9-17(31(39)40)8-24-30(25)35-26(38(24)11-19-6-7-42-19)14-37-12-20-21(13-37)28(20)29-22(33)4-5-27(36-29)43-15-16-2-3-18(32)10-23(16)34/h2-5,8-10,19-21,28H,6-7,11-15H2,1H3,(H,39,40)/t19-,20-,21+,28?/m0/s1. The fraction of sp³-hybridized carbons (Fsp3) is 0.387. The summed E-state index contributed by atoms with van der Waals surface area (Å²) < 4.78 is 33.3. The Balaban J connectivity index is 1.06. The first-order valence-corrected chi connectivity index (χ1v) is 14.9. The van der Waals surface area contributed by atoms with Crippen LogP contribution in [0.25, 0.3) is 11.0 Å². The van der Waals surface area contributed by atoms with Gasteiger partial charge in [0.25, 0.3) is 0 Å². The zero-order chi connectivity index (χ0) is 29.8. The van der Waals surface area contributed by atoms with Gasteiger partial charge in [0.05, 0.1) is 48.1 Å².